The molecule has 4 rings (SSSR count). The normalized spacial score (nSPS) is 18.9. The third kappa shape index (κ3) is 6.59. The van der Waals surface area contributed by atoms with Crippen molar-refractivity contribution in [2.45, 2.75) is 59.8 Å². The summed E-state index contributed by atoms with van der Waals surface area (Å²) < 4.78 is 21.3. The fourth-order valence-corrected chi connectivity index (χ4v) is 5.73. The molecule has 2 aromatic carbocycles. The molecule has 0 N–H and O–H groups in total. The van der Waals surface area contributed by atoms with E-state index in [1.54, 1.807) is 18.2 Å². The van der Waals surface area contributed by atoms with Gasteiger partial charge < -0.3 is 14.5 Å². The second-order valence-electron chi connectivity index (χ2n) is 11.9. The quantitative estimate of drug-likeness (QED) is 0.325. The minimum Gasteiger partial charge on any atom is -0.492 e. The fraction of sp³-hybridized carbons (Fsp3) is 0.545. The van der Waals surface area contributed by atoms with Crippen molar-refractivity contribution in [3.63, 3.8) is 0 Å². The van der Waals surface area contributed by atoms with Crippen LogP contribution in [-0.4, -0.2) is 49.1 Å². The first-order valence-corrected chi connectivity index (χ1v) is 14.4. The molecule has 4 nitrogen and oxygen atoms in total. The number of piperidine rings is 1. The number of halogens is 1. The van der Waals surface area contributed by atoms with E-state index in [1.165, 1.54) is 12.8 Å². The summed E-state index contributed by atoms with van der Waals surface area (Å²) in [6, 6.07) is 12.9. The smallest absolute Gasteiger partial charge is 0.137 e. The van der Waals surface area contributed by atoms with Gasteiger partial charge in [0.1, 0.15) is 17.6 Å². The van der Waals surface area contributed by atoms with Crippen LogP contribution in [0.5, 0.6) is 5.75 Å². The van der Waals surface area contributed by atoms with E-state index in [1.807, 2.05) is 18.2 Å². The van der Waals surface area contributed by atoms with Crippen molar-refractivity contribution < 1.29 is 9.13 Å². The molecular weight excluding hydrogens is 473 g/mol. The molecule has 0 spiro atoms. The zero-order chi connectivity index (χ0) is 27.3. The van der Waals surface area contributed by atoms with Crippen LogP contribution in [0.25, 0.3) is 16.8 Å². The standard InChI is InChI=1S/C33H44FN3O/c1-6-33(5,7-2)23-36-15-13-26(14-16-36)22-38-32-11-9-28(18-29(32)20-35)30-10-8-27(19-31(30)34)25(4)37-17-12-24(3)21-37/h8-11,18-19,24,26H,4,6-7,12-17,21-23H2,1-3,5H3/t24-/m0/s1. The first kappa shape index (κ1) is 28.2. The van der Waals surface area contributed by atoms with Gasteiger partial charge in [0.15, 0.2) is 0 Å². The molecule has 0 aromatic heterocycles. The zero-order valence-corrected chi connectivity index (χ0v) is 23.7. The van der Waals surface area contributed by atoms with Crippen molar-refractivity contribution in [1.82, 2.24) is 9.80 Å². The van der Waals surface area contributed by atoms with Crippen LogP contribution in [0.15, 0.2) is 43.0 Å². The maximum absolute atomic E-state index is 15.2. The molecule has 204 valence electrons. The Morgan fingerprint density at radius 3 is 2.45 bits per heavy atom. The number of hydrogen-bond acceptors (Lipinski definition) is 4. The molecule has 2 saturated heterocycles. The fourth-order valence-electron chi connectivity index (χ4n) is 5.73. The Hall–Kier alpha value is -2.84. The van der Waals surface area contributed by atoms with Crippen molar-refractivity contribution in [3.05, 3.63) is 59.9 Å². The lowest BCUT2D eigenvalue weighted by molar-refractivity contribution is 0.0957. The molecule has 2 heterocycles. The van der Waals surface area contributed by atoms with Gasteiger partial charge >= 0.3 is 0 Å². The number of nitriles is 1. The highest BCUT2D eigenvalue weighted by molar-refractivity contribution is 5.71. The Kier molecular flexibility index (Phi) is 9.15. The first-order chi connectivity index (χ1) is 18.2. The molecule has 0 aliphatic carbocycles. The molecule has 2 aliphatic rings. The molecule has 0 amide bonds. The third-order valence-corrected chi connectivity index (χ3v) is 9.01. The Morgan fingerprint density at radius 2 is 1.84 bits per heavy atom. The Bertz CT molecular complexity index is 1160. The number of benzene rings is 2. The van der Waals surface area contributed by atoms with E-state index in [-0.39, 0.29) is 5.82 Å². The maximum atomic E-state index is 15.2. The highest BCUT2D eigenvalue weighted by Crippen LogP contribution is 2.33. The molecule has 1 atom stereocenters. The van der Waals surface area contributed by atoms with Gasteiger partial charge in [0.25, 0.3) is 0 Å². The van der Waals surface area contributed by atoms with Gasteiger partial charge in [-0.15, -0.1) is 0 Å². The van der Waals surface area contributed by atoms with Crippen LogP contribution >= 0.6 is 0 Å². The lowest BCUT2D eigenvalue weighted by Gasteiger charge is -2.38. The predicted octanol–water partition coefficient (Wildman–Crippen LogP) is 7.59. The average Bonchev–Trinajstić information content (AvgIpc) is 3.38. The molecule has 0 radical (unpaired) electrons. The molecule has 5 heteroatoms. The van der Waals surface area contributed by atoms with E-state index in [2.05, 4.69) is 50.1 Å². The minimum atomic E-state index is -0.303. The van der Waals surface area contributed by atoms with E-state index >= 15 is 4.39 Å². The molecule has 38 heavy (non-hydrogen) atoms. The van der Waals surface area contributed by atoms with Crippen molar-refractivity contribution in [3.8, 4) is 22.9 Å². The summed E-state index contributed by atoms with van der Waals surface area (Å²) in [6.45, 7) is 19.3. The van der Waals surface area contributed by atoms with Gasteiger partial charge in [-0.05, 0) is 86.2 Å². The number of nitrogens with zero attached hydrogens (tertiary/aromatic N) is 3. The van der Waals surface area contributed by atoms with Crippen molar-refractivity contribution >= 4 is 5.70 Å². The Morgan fingerprint density at radius 1 is 1.11 bits per heavy atom. The first-order valence-electron chi connectivity index (χ1n) is 14.4. The Labute approximate surface area is 229 Å². The highest BCUT2D eigenvalue weighted by Gasteiger charge is 2.27. The second-order valence-corrected chi connectivity index (χ2v) is 11.9. The maximum Gasteiger partial charge on any atom is 0.137 e. The second kappa shape index (κ2) is 12.3. The van der Waals surface area contributed by atoms with Crippen molar-refractivity contribution in [2.24, 2.45) is 17.3 Å². The lowest BCUT2D eigenvalue weighted by Crippen LogP contribution is -2.41. The van der Waals surface area contributed by atoms with Crippen LogP contribution in [0.4, 0.5) is 4.39 Å². The number of rotatable bonds is 10. The van der Waals surface area contributed by atoms with Crippen LogP contribution in [0.3, 0.4) is 0 Å². The van der Waals surface area contributed by atoms with Crippen LogP contribution in [0, 0.1) is 34.4 Å². The summed E-state index contributed by atoms with van der Waals surface area (Å²) in [5, 5.41) is 9.80. The summed E-state index contributed by atoms with van der Waals surface area (Å²) >= 11 is 0. The van der Waals surface area contributed by atoms with E-state index in [4.69, 9.17) is 4.74 Å². The molecule has 0 bridgehead atoms. The van der Waals surface area contributed by atoms with E-state index in [0.29, 0.717) is 46.3 Å². The average molecular weight is 518 g/mol. The largest absolute Gasteiger partial charge is 0.492 e. The third-order valence-electron chi connectivity index (χ3n) is 9.01. The lowest BCUT2D eigenvalue weighted by atomic mass is 9.83. The van der Waals surface area contributed by atoms with E-state index in [9.17, 15) is 5.26 Å². The summed E-state index contributed by atoms with van der Waals surface area (Å²) in [7, 11) is 0. The minimum absolute atomic E-state index is 0.303. The summed E-state index contributed by atoms with van der Waals surface area (Å²) in [5.41, 5.74) is 3.69. The number of ether oxygens (including phenoxy) is 1. The van der Waals surface area contributed by atoms with Crippen LogP contribution in [-0.2, 0) is 0 Å². The van der Waals surface area contributed by atoms with Gasteiger partial charge in [0.05, 0.1) is 12.2 Å². The van der Waals surface area contributed by atoms with Gasteiger partial charge in [-0.3, -0.25) is 0 Å². The molecular formula is C33H44FN3O. The molecule has 2 fully saturated rings. The number of hydrogen-bond donors (Lipinski definition) is 0. The topological polar surface area (TPSA) is 39.5 Å². The van der Waals surface area contributed by atoms with Gasteiger partial charge in [0.2, 0.25) is 0 Å². The van der Waals surface area contributed by atoms with Crippen LogP contribution in [0.1, 0.15) is 70.9 Å². The SMILES string of the molecule is C=C(c1ccc(-c2ccc(OCC3CCN(CC(C)(CC)CC)CC3)c(C#N)c2)c(F)c1)N1CC[C@H](C)C1. The van der Waals surface area contributed by atoms with Crippen molar-refractivity contribution in [2.75, 3.05) is 39.3 Å². The van der Waals surface area contributed by atoms with Crippen LogP contribution in [0.2, 0.25) is 0 Å². The molecule has 2 aromatic rings. The van der Waals surface area contributed by atoms with Gasteiger partial charge in [0, 0.05) is 36.5 Å². The highest BCUT2D eigenvalue weighted by atomic mass is 19.1. The summed E-state index contributed by atoms with van der Waals surface area (Å²) in [4.78, 5) is 4.83. The summed E-state index contributed by atoms with van der Waals surface area (Å²) in [5.74, 6) is 1.40. The van der Waals surface area contributed by atoms with Gasteiger partial charge in [-0.2, -0.15) is 5.26 Å². The predicted molar refractivity (Wildman–Crippen MR) is 154 cm³/mol. The number of likely N-dealkylation sites (tertiary alicyclic amines) is 2. The van der Waals surface area contributed by atoms with Crippen LogP contribution < -0.4 is 4.74 Å². The Balaban J connectivity index is 1.36. The van der Waals surface area contributed by atoms with Crippen molar-refractivity contribution in [1.29, 1.82) is 5.26 Å². The zero-order valence-electron chi connectivity index (χ0n) is 23.7. The summed E-state index contributed by atoms with van der Waals surface area (Å²) in [6.07, 6.45) is 5.79. The van der Waals surface area contributed by atoms with E-state index in [0.717, 1.165) is 63.2 Å². The van der Waals surface area contributed by atoms with E-state index < -0.39 is 0 Å². The molecule has 2 aliphatic heterocycles. The van der Waals surface area contributed by atoms with Gasteiger partial charge in [-0.25, -0.2) is 4.39 Å². The molecule has 0 saturated carbocycles. The van der Waals surface area contributed by atoms with Gasteiger partial charge in [-0.1, -0.05) is 52.5 Å². The monoisotopic (exact) mass is 517 g/mol. The molecule has 0 unspecified atom stereocenters.